The normalized spacial score (nSPS) is 13.4. The number of carbonyl (C=O) groups is 2. The molecule has 2 aromatic rings. The quantitative estimate of drug-likeness (QED) is 0.898. The molecule has 7 heteroatoms. The predicted molar refractivity (Wildman–Crippen MR) is 94.8 cm³/mol. The summed E-state index contributed by atoms with van der Waals surface area (Å²) in [5.41, 5.74) is 2.18. The van der Waals surface area contributed by atoms with Crippen molar-refractivity contribution in [2.45, 2.75) is 13.5 Å². The summed E-state index contributed by atoms with van der Waals surface area (Å²) in [4.78, 5) is 26.2. The van der Waals surface area contributed by atoms with Gasteiger partial charge in [-0.1, -0.05) is 0 Å². The van der Waals surface area contributed by atoms with Crippen LogP contribution in [0.4, 0.5) is 10.5 Å². The topological polar surface area (TPSA) is 75.6 Å². The van der Waals surface area contributed by atoms with Gasteiger partial charge in [-0.2, -0.15) is 0 Å². The van der Waals surface area contributed by atoms with Crippen molar-refractivity contribution in [3.63, 3.8) is 0 Å². The average Bonchev–Trinajstić information content (AvgIpc) is 2.89. The summed E-state index contributed by atoms with van der Waals surface area (Å²) < 4.78 is 7.56. The van der Waals surface area contributed by atoms with Gasteiger partial charge in [-0.25, -0.2) is 4.79 Å². The molecule has 0 bridgehead atoms. The number of nitrogens with zero attached hydrogens (tertiary/aromatic N) is 2. The number of rotatable bonds is 3. The Bertz CT molecular complexity index is 784. The van der Waals surface area contributed by atoms with E-state index < -0.39 is 0 Å². The van der Waals surface area contributed by atoms with Crippen molar-refractivity contribution in [2.75, 3.05) is 25.0 Å². The summed E-state index contributed by atoms with van der Waals surface area (Å²) >= 11 is 0. The maximum absolute atomic E-state index is 12.8. The van der Waals surface area contributed by atoms with Crippen LogP contribution >= 0.6 is 0 Å². The summed E-state index contributed by atoms with van der Waals surface area (Å²) in [6.07, 6.45) is 1.85. The first-order valence-electron chi connectivity index (χ1n) is 8.29. The molecule has 7 nitrogen and oxygen atoms in total. The Kier molecular flexibility index (Phi) is 4.92. The lowest BCUT2D eigenvalue weighted by molar-refractivity contribution is 0.0723. The van der Waals surface area contributed by atoms with Crippen LogP contribution in [0.5, 0.6) is 5.75 Å². The van der Waals surface area contributed by atoms with Crippen molar-refractivity contribution >= 4 is 17.6 Å². The van der Waals surface area contributed by atoms with E-state index in [4.69, 9.17) is 4.74 Å². The number of hydrogen-bond donors (Lipinski definition) is 2. The van der Waals surface area contributed by atoms with Crippen molar-refractivity contribution in [2.24, 2.45) is 7.05 Å². The van der Waals surface area contributed by atoms with Crippen LogP contribution in [0.3, 0.4) is 0 Å². The first kappa shape index (κ1) is 16.9. The maximum atomic E-state index is 12.8. The molecule has 0 radical (unpaired) electrons. The molecule has 1 aromatic carbocycles. The number of aryl methyl sites for hydroxylation is 1. The highest BCUT2D eigenvalue weighted by molar-refractivity contribution is 5.93. The Labute approximate surface area is 146 Å². The average molecular weight is 342 g/mol. The standard InChI is InChI=1S/C18H22N4O3/c1-3-19-18(24)20-14-6-7-16-13(11-14)12-22(9-10-25-16)17(23)15-5-4-8-21(15)2/h4-8,11H,3,9-10,12H2,1-2H3,(H2,19,20,24). The fourth-order valence-electron chi connectivity index (χ4n) is 2.83. The van der Waals surface area contributed by atoms with Crippen molar-refractivity contribution in [3.8, 4) is 5.75 Å². The van der Waals surface area contributed by atoms with Crippen molar-refractivity contribution in [1.82, 2.24) is 14.8 Å². The third-order valence-corrected chi connectivity index (χ3v) is 4.09. The fraction of sp³-hybridized carbons (Fsp3) is 0.333. The molecule has 2 heterocycles. The SMILES string of the molecule is CCNC(=O)Nc1ccc2c(c1)CN(C(=O)c1cccn1C)CCO2. The van der Waals surface area contributed by atoms with Crippen LogP contribution in [0.25, 0.3) is 0 Å². The van der Waals surface area contributed by atoms with E-state index in [1.54, 1.807) is 11.0 Å². The van der Waals surface area contributed by atoms with Crippen molar-refractivity contribution in [1.29, 1.82) is 0 Å². The van der Waals surface area contributed by atoms with Gasteiger partial charge in [-0.05, 0) is 37.3 Å². The zero-order valence-electron chi connectivity index (χ0n) is 14.4. The second kappa shape index (κ2) is 7.29. The minimum absolute atomic E-state index is 0.0361. The number of benzene rings is 1. The molecular formula is C18H22N4O3. The van der Waals surface area contributed by atoms with Crippen molar-refractivity contribution < 1.29 is 14.3 Å². The van der Waals surface area contributed by atoms with Gasteiger partial charge in [0.25, 0.3) is 5.91 Å². The Hall–Kier alpha value is -2.96. The maximum Gasteiger partial charge on any atom is 0.319 e. The summed E-state index contributed by atoms with van der Waals surface area (Å²) in [6, 6.07) is 8.87. The smallest absolute Gasteiger partial charge is 0.319 e. The first-order valence-corrected chi connectivity index (χ1v) is 8.29. The Morgan fingerprint density at radius 3 is 2.84 bits per heavy atom. The van der Waals surface area contributed by atoms with Gasteiger partial charge in [-0.15, -0.1) is 0 Å². The molecule has 0 atom stereocenters. The lowest BCUT2D eigenvalue weighted by Crippen LogP contribution is -2.33. The number of carbonyl (C=O) groups excluding carboxylic acids is 2. The van der Waals surface area contributed by atoms with Gasteiger partial charge in [0.05, 0.1) is 6.54 Å². The number of fused-ring (bicyclic) bond motifs is 1. The molecule has 0 saturated carbocycles. The Morgan fingerprint density at radius 1 is 1.28 bits per heavy atom. The highest BCUT2D eigenvalue weighted by Crippen LogP contribution is 2.27. The largest absolute Gasteiger partial charge is 0.491 e. The van der Waals surface area contributed by atoms with Gasteiger partial charge in [0.2, 0.25) is 0 Å². The van der Waals surface area contributed by atoms with E-state index in [0.717, 1.165) is 11.3 Å². The van der Waals surface area contributed by atoms with E-state index in [9.17, 15) is 9.59 Å². The van der Waals surface area contributed by atoms with Gasteiger partial charge in [0.15, 0.2) is 0 Å². The molecule has 0 saturated heterocycles. The second-order valence-corrected chi connectivity index (χ2v) is 5.89. The summed E-state index contributed by atoms with van der Waals surface area (Å²) in [7, 11) is 1.85. The van der Waals surface area contributed by atoms with Crippen LogP contribution in [0.1, 0.15) is 23.0 Å². The van der Waals surface area contributed by atoms with E-state index in [-0.39, 0.29) is 11.9 Å². The summed E-state index contributed by atoms with van der Waals surface area (Å²) in [5.74, 6) is 0.703. The number of nitrogens with one attached hydrogen (secondary N) is 2. The minimum Gasteiger partial charge on any atom is -0.491 e. The van der Waals surface area contributed by atoms with E-state index in [1.807, 2.05) is 49.0 Å². The molecule has 0 fully saturated rings. The number of urea groups is 1. The van der Waals surface area contributed by atoms with E-state index in [2.05, 4.69) is 10.6 Å². The molecule has 132 valence electrons. The molecule has 1 aromatic heterocycles. The zero-order chi connectivity index (χ0) is 17.8. The van der Waals surface area contributed by atoms with E-state index in [1.165, 1.54) is 0 Å². The van der Waals surface area contributed by atoms with Crippen LogP contribution in [-0.2, 0) is 13.6 Å². The third kappa shape index (κ3) is 3.76. The van der Waals surface area contributed by atoms with Gasteiger partial charge in [-0.3, -0.25) is 4.79 Å². The van der Waals surface area contributed by atoms with Gasteiger partial charge < -0.3 is 24.8 Å². The third-order valence-electron chi connectivity index (χ3n) is 4.09. The molecule has 0 aliphatic carbocycles. The molecule has 3 rings (SSSR count). The molecular weight excluding hydrogens is 320 g/mol. The Morgan fingerprint density at radius 2 is 2.12 bits per heavy atom. The van der Waals surface area contributed by atoms with Crippen LogP contribution in [0, 0.1) is 0 Å². The lowest BCUT2D eigenvalue weighted by Gasteiger charge is -2.20. The number of ether oxygens (including phenoxy) is 1. The summed E-state index contributed by atoms with van der Waals surface area (Å²) in [6.45, 7) is 3.80. The first-order chi connectivity index (χ1) is 12.1. The Balaban J connectivity index is 1.80. The van der Waals surface area contributed by atoms with Crippen LogP contribution in [0.2, 0.25) is 0 Å². The number of anilines is 1. The molecule has 25 heavy (non-hydrogen) atoms. The lowest BCUT2D eigenvalue weighted by atomic mass is 10.1. The monoisotopic (exact) mass is 342 g/mol. The predicted octanol–water partition coefficient (Wildman–Crippen LogP) is 2.20. The molecule has 0 unspecified atom stereocenters. The van der Waals surface area contributed by atoms with Crippen LogP contribution in [-0.4, -0.2) is 41.1 Å². The highest BCUT2D eigenvalue weighted by Gasteiger charge is 2.22. The number of amides is 3. The van der Waals surface area contributed by atoms with Crippen LogP contribution in [0.15, 0.2) is 36.5 Å². The zero-order valence-corrected chi connectivity index (χ0v) is 14.4. The highest BCUT2D eigenvalue weighted by atomic mass is 16.5. The molecule has 1 aliphatic heterocycles. The van der Waals surface area contributed by atoms with Gasteiger partial charge >= 0.3 is 6.03 Å². The second-order valence-electron chi connectivity index (χ2n) is 5.89. The van der Waals surface area contributed by atoms with Crippen molar-refractivity contribution in [3.05, 3.63) is 47.8 Å². The van der Waals surface area contributed by atoms with Gasteiger partial charge in [0, 0.05) is 37.6 Å². The molecule has 3 amide bonds. The molecule has 2 N–H and O–H groups in total. The fourth-order valence-corrected chi connectivity index (χ4v) is 2.83. The van der Waals surface area contributed by atoms with Gasteiger partial charge in [0.1, 0.15) is 18.1 Å². The molecule has 1 aliphatic rings. The number of hydrogen-bond acceptors (Lipinski definition) is 3. The van der Waals surface area contributed by atoms with E-state index in [0.29, 0.717) is 37.6 Å². The number of aromatic nitrogens is 1. The van der Waals surface area contributed by atoms with E-state index >= 15 is 0 Å². The molecule has 0 spiro atoms. The summed E-state index contributed by atoms with van der Waals surface area (Å²) in [5, 5.41) is 5.47. The van der Waals surface area contributed by atoms with Crippen LogP contribution < -0.4 is 15.4 Å². The minimum atomic E-state index is -0.256.